The number of hydrogen-bond donors (Lipinski definition) is 0. The highest BCUT2D eigenvalue weighted by atomic mass is 35.5. The van der Waals surface area contributed by atoms with Crippen molar-refractivity contribution in [2.45, 2.75) is 26.3 Å². The van der Waals surface area contributed by atoms with Crippen LogP contribution >= 0.6 is 11.6 Å². The maximum atomic E-state index is 13.2. The molecule has 4 rings (SSSR count). The molecular weight excluding hydrogens is 368 g/mol. The molecule has 0 unspecified atom stereocenters. The zero-order valence-corrected chi connectivity index (χ0v) is 16.6. The molecule has 0 atom stereocenters. The number of para-hydroxylation sites is 1. The predicted octanol–water partition coefficient (Wildman–Crippen LogP) is 6.13. The average Bonchev–Trinajstić information content (AvgIpc) is 2.96. The van der Waals surface area contributed by atoms with Crippen LogP contribution in [-0.2, 0) is 11.3 Å². The van der Waals surface area contributed by atoms with Crippen LogP contribution in [0.5, 0.6) is 0 Å². The summed E-state index contributed by atoms with van der Waals surface area (Å²) in [7, 11) is 0. The number of nitrogens with zero attached hydrogens (tertiary/aromatic N) is 2. The molecule has 3 aromatic rings. The number of aliphatic imine (C=N–C) groups is 1. The number of benzene rings is 3. The molecule has 1 aliphatic rings. The van der Waals surface area contributed by atoms with Crippen molar-refractivity contribution in [1.29, 1.82) is 0 Å². The summed E-state index contributed by atoms with van der Waals surface area (Å²) < 4.78 is 0. The molecule has 3 aromatic carbocycles. The van der Waals surface area contributed by atoms with E-state index in [0.717, 1.165) is 22.5 Å². The Hall–Kier alpha value is -2.91. The molecule has 4 heteroatoms. The molecule has 0 saturated carbocycles. The molecule has 1 amide bonds. The van der Waals surface area contributed by atoms with Gasteiger partial charge < -0.3 is 4.90 Å². The van der Waals surface area contributed by atoms with Gasteiger partial charge in [-0.15, -0.1) is 0 Å². The largest absolute Gasteiger partial charge is 0.302 e. The summed E-state index contributed by atoms with van der Waals surface area (Å²) >= 11 is 6.32. The van der Waals surface area contributed by atoms with Gasteiger partial charge >= 0.3 is 0 Å². The Balaban J connectivity index is 1.71. The van der Waals surface area contributed by atoms with E-state index in [9.17, 15) is 4.79 Å². The minimum Gasteiger partial charge on any atom is -0.302 e. The lowest BCUT2D eigenvalue weighted by Crippen LogP contribution is -2.29. The Kier molecular flexibility index (Phi) is 5.01. The second-order valence-electron chi connectivity index (χ2n) is 7.21. The van der Waals surface area contributed by atoms with E-state index in [1.54, 1.807) is 4.90 Å². The molecule has 0 bridgehead atoms. The van der Waals surface area contributed by atoms with Crippen LogP contribution in [-0.4, -0.2) is 11.6 Å². The molecule has 0 radical (unpaired) electrons. The van der Waals surface area contributed by atoms with Gasteiger partial charge in [0.2, 0.25) is 0 Å². The second-order valence-corrected chi connectivity index (χ2v) is 7.61. The van der Waals surface area contributed by atoms with Crippen LogP contribution in [0.4, 0.5) is 11.4 Å². The number of carbonyl (C=O) groups is 1. The monoisotopic (exact) mass is 388 g/mol. The molecule has 1 aliphatic heterocycles. The van der Waals surface area contributed by atoms with Crippen molar-refractivity contribution in [3.05, 3.63) is 94.5 Å². The summed E-state index contributed by atoms with van der Waals surface area (Å²) in [5, 5.41) is 0.655. The highest BCUT2D eigenvalue weighted by Crippen LogP contribution is 2.33. The van der Waals surface area contributed by atoms with Gasteiger partial charge in [-0.3, -0.25) is 4.79 Å². The summed E-state index contributed by atoms with van der Waals surface area (Å²) in [6, 6.07) is 23.4. The van der Waals surface area contributed by atoms with E-state index in [2.05, 4.69) is 31.0 Å². The van der Waals surface area contributed by atoms with Crippen molar-refractivity contribution in [3.63, 3.8) is 0 Å². The number of anilines is 1. The number of rotatable bonds is 4. The number of carbonyl (C=O) groups excluding carboxylic acids is 1. The Bertz CT molecular complexity index is 1050. The molecule has 28 heavy (non-hydrogen) atoms. The van der Waals surface area contributed by atoms with Gasteiger partial charge in [0.1, 0.15) is 5.71 Å². The Morgan fingerprint density at radius 2 is 1.61 bits per heavy atom. The van der Waals surface area contributed by atoms with Crippen LogP contribution in [0.2, 0.25) is 5.02 Å². The average molecular weight is 389 g/mol. The van der Waals surface area contributed by atoms with Crippen molar-refractivity contribution in [3.8, 4) is 0 Å². The Labute approximate surface area is 170 Å². The number of amides is 1. The maximum Gasteiger partial charge on any atom is 0.277 e. The first-order chi connectivity index (χ1) is 13.5. The molecule has 0 fully saturated rings. The maximum absolute atomic E-state index is 13.2. The summed E-state index contributed by atoms with van der Waals surface area (Å²) in [6.07, 6.45) is 0. The van der Waals surface area contributed by atoms with Crippen LogP contribution in [0.1, 0.15) is 36.5 Å². The lowest BCUT2D eigenvalue weighted by atomic mass is 10.0. The van der Waals surface area contributed by atoms with E-state index in [-0.39, 0.29) is 5.91 Å². The van der Waals surface area contributed by atoms with Gasteiger partial charge in [0, 0.05) is 10.6 Å². The van der Waals surface area contributed by atoms with E-state index >= 15 is 0 Å². The third-order valence-corrected chi connectivity index (χ3v) is 5.35. The zero-order valence-electron chi connectivity index (χ0n) is 15.9. The summed E-state index contributed by atoms with van der Waals surface area (Å²) in [6.45, 7) is 4.73. The van der Waals surface area contributed by atoms with Crippen molar-refractivity contribution in [1.82, 2.24) is 0 Å². The summed E-state index contributed by atoms with van der Waals surface area (Å²) in [5.74, 6) is 0.357. The van der Waals surface area contributed by atoms with Crippen molar-refractivity contribution < 1.29 is 4.79 Å². The van der Waals surface area contributed by atoms with Crippen LogP contribution < -0.4 is 4.90 Å². The van der Waals surface area contributed by atoms with Gasteiger partial charge in [0.25, 0.3) is 5.91 Å². The van der Waals surface area contributed by atoms with E-state index in [0.29, 0.717) is 23.2 Å². The SMILES string of the molecule is CC(C)c1ccc(N=C2C(=O)N(Cc3ccccc3Cl)c3ccccc32)cc1. The number of halogens is 1. The van der Waals surface area contributed by atoms with Gasteiger partial charge in [-0.25, -0.2) is 4.99 Å². The van der Waals surface area contributed by atoms with E-state index in [4.69, 9.17) is 11.6 Å². The zero-order chi connectivity index (χ0) is 19.7. The highest BCUT2D eigenvalue weighted by molar-refractivity contribution is 6.54. The van der Waals surface area contributed by atoms with E-state index in [1.807, 2.05) is 60.7 Å². The van der Waals surface area contributed by atoms with Gasteiger partial charge in [0.05, 0.1) is 17.9 Å². The fourth-order valence-corrected chi connectivity index (χ4v) is 3.58. The summed E-state index contributed by atoms with van der Waals surface area (Å²) in [4.78, 5) is 19.6. The molecule has 0 aliphatic carbocycles. The molecule has 1 heterocycles. The fraction of sp³-hybridized carbons (Fsp3) is 0.167. The van der Waals surface area contributed by atoms with Crippen LogP contribution in [0.3, 0.4) is 0 Å². The van der Waals surface area contributed by atoms with Gasteiger partial charge in [-0.05, 0) is 41.3 Å². The third-order valence-electron chi connectivity index (χ3n) is 4.98. The standard InChI is InChI=1S/C24H21ClN2O/c1-16(2)17-11-13-19(14-12-17)26-23-20-8-4-6-10-22(20)27(24(23)28)15-18-7-3-5-9-21(18)25/h3-14,16H,15H2,1-2H3. The Morgan fingerprint density at radius 3 is 2.32 bits per heavy atom. The molecule has 0 saturated heterocycles. The quantitative estimate of drug-likeness (QED) is 0.529. The van der Waals surface area contributed by atoms with Crippen molar-refractivity contribution >= 4 is 34.6 Å². The minimum absolute atomic E-state index is 0.103. The van der Waals surface area contributed by atoms with Crippen LogP contribution in [0, 0.1) is 0 Å². The smallest absolute Gasteiger partial charge is 0.277 e. The van der Waals surface area contributed by atoms with Crippen molar-refractivity contribution in [2.24, 2.45) is 4.99 Å². The van der Waals surface area contributed by atoms with Gasteiger partial charge in [0.15, 0.2) is 0 Å². The summed E-state index contributed by atoms with van der Waals surface area (Å²) in [5.41, 5.74) is 5.14. The topological polar surface area (TPSA) is 32.7 Å². The molecule has 3 nitrogen and oxygen atoms in total. The first kappa shape index (κ1) is 18.5. The third kappa shape index (κ3) is 3.46. The lowest BCUT2D eigenvalue weighted by molar-refractivity contribution is -0.112. The molecule has 140 valence electrons. The minimum atomic E-state index is -0.103. The highest BCUT2D eigenvalue weighted by Gasteiger charge is 2.33. The molecular formula is C24H21ClN2O. The lowest BCUT2D eigenvalue weighted by Gasteiger charge is -2.17. The van der Waals surface area contributed by atoms with E-state index in [1.165, 1.54) is 5.56 Å². The van der Waals surface area contributed by atoms with Crippen LogP contribution in [0.15, 0.2) is 77.8 Å². The second kappa shape index (κ2) is 7.61. The number of hydrogen-bond acceptors (Lipinski definition) is 2. The molecule has 0 spiro atoms. The number of fused-ring (bicyclic) bond motifs is 1. The fourth-order valence-electron chi connectivity index (χ4n) is 3.39. The van der Waals surface area contributed by atoms with Gasteiger partial charge in [-0.2, -0.15) is 0 Å². The van der Waals surface area contributed by atoms with E-state index < -0.39 is 0 Å². The molecule has 0 aromatic heterocycles. The predicted molar refractivity (Wildman–Crippen MR) is 116 cm³/mol. The van der Waals surface area contributed by atoms with Gasteiger partial charge in [-0.1, -0.05) is 74.0 Å². The normalized spacial score (nSPS) is 14.8. The molecule has 0 N–H and O–H groups in total. The van der Waals surface area contributed by atoms with Crippen molar-refractivity contribution in [2.75, 3.05) is 4.90 Å². The first-order valence-electron chi connectivity index (χ1n) is 9.38. The first-order valence-corrected chi connectivity index (χ1v) is 9.75. The van der Waals surface area contributed by atoms with Crippen LogP contribution in [0.25, 0.3) is 0 Å². The Morgan fingerprint density at radius 1 is 0.929 bits per heavy atom.